The van der Waals surface area contributed by atoms with Crippen LogP contribution in [-0.4, -0.2) is 55.0 Å². The summed E-state index contributed by atoms with van der Waals surface area (Å²) in [4.78, 5) is 17.9. The molecule has 0 spiro atoms. The monoisotopic (exact) mass is 560 g/mol. The second-order valence-electron chi connectivity index (χ2n) is 10.1. The normalized spacial score (nSPS) is 21.0. The highest BCUT2D eigenvalue weighted by molar-refractivity contribution is 7.08. The number of nitrogens with zero attached hydrogens (tertiary/aromatic N) is 2. The smallest absolute Gasteiger partial charge is 0.256 e. The molecule has 196 valence electrons. The molecule has 3 aromatic rings. The lowest BCUT2D eigenvalue weighted by Crippen LogP contribution is -2.39. The summed E-state index contributed by atoms with van der Waals surface area (Å²) in [5.74, 6) is 0.878. The Morgan fingerprint density at radius 2 is 1.76 bits per heavy atom. The predicted octanol–water partition coefficient (Wildman–Crippen LogP) is 6.98. The van der Waals surface area contributed by atoms with E-state index in [1.54, 1.807) is 41.7 Å². The SMILES string of the molecule is O=C(c1c(Cl)cccc1Cl)N1CC(CN2CCC(COCc3ccc(F)cc3)CC2)C(c2ccsc2)C1. The minimum Gasteiger partial charge on any atom is -0.376 e. The van der Waals surface area contributed by atoms with Crippen molar-refractivity contribution < 1.29 is 13.9 Å². The van der Waals surface area contributed by atoms with Gasteiger partial charge in [0.2, 0.25) is 0 Å². The molecule has 1 amide bonds. The zero-order chi connectivity index (χ0) is 25.8. The Labute approximate surface area is 231 Å². The molecule has 4 nitrogen and oxygen atoms in total. The molecule has 2 fully saturated rings. The number of carbonyl (C=O) groups excluding carboxylic acids is 1. The van der Waals surface area contributed by atoms with Gasteiger partial charge in [-0.1, -0.05) is 41.4 Å². The Hall–Kier alpha value is -1.96. The highest BCUT2D eigenvalue weighted by Crippen LogP contribution is 2.37. The summed E-state index contributed by atoms with van der Waals surface area (Å²) in [5.41, 5.74) is 2.70. The zero-order valence-corrected chi connectivity index (χ0v) is 23.0. The molecule has 3 heterocycles. The van der Waals surface area contributed by atoms with Crippen molar-refractivity contribution in [3.05, 3.63) is 91.8 Å². The van der Waals surface area contributed by atoms with Crippen LogP contribution in [0.1, 0.15) is 40.2 Å². The van der Waals surface area contributed by atoms with Crippen LogP contribution in [0, 0.1) is 17.7 Å². The van der Waals surface area contributed by atoms with Crippen molar-refractivity contribution >= 4 is 40.4 Å². The fourth-order valence-corrected chi connectivity index (χ4v) is 6.82. The number of benzene rings is 2. The number of hydrogen-bond acceptors (Lipinski definition) is 4. The molecule has 0 bridgehead atoms. The third kappa shape index (κ3) is 6.55. The van der Waals surface area contributed by atoms with Crippen LogP contribution in [0.3, 0.4) is 0 Å². The molecule has 0 radical (unpaired) electrons. The minimum absolute atomic E-state index is 0.0876. The molecule has 2 saturated heterocycles. The van der Waals surface area contributed by atoms with Crippen LogP contribution in [0.2, 0.25) is 10.0 Å². The number of amides is 1. The van der Waals surface area contributed by atoms with Gasteiger partial charge >= 0.3 is 0 Å². The first-order valence-corrected chi connectivity index (χ1v) is 14.5. The first-order valence-electron chi connectivity index (χ1n) is 12.8. The lowest BCUT2D eigenvalue weighted by molar-refractivity contribution is 0.0539. The Kier molecular flexibility index (Phi) is 8.83. The Balaban J connectivity index is 1.16. The molecule has 2 aromatic carbocycles. The zero-order valence-electron chi connectivity index (χ0n) is 20.6. The fourth-order valence-electron chi connectivity index (χ4n) is 5.54. The largest absolute Gasteiger partial charge is 0.376 e. The van der Waals surface area contributed by atoms with Gasteiger partial charge in [-0.3, -0.25) is 4.79 Å². The number of likely N-dealkylation sites (tertiary alicyclic amines) is 2. The molecule has 1 aromatic heterocycles. The number of ether oxygens (including phenoxy) is 1. The second-order valence-corrected chi connectivity index (χ2v) is 11.7. The van der Waals surface area contributed by atoms with Crippen LogP contribution < -0.4 is 0 Å². The van der Waals surface area contributed by atoms with Gasteiger partial charge in [0, 0.05) is 32.2 Å². The van der Waals surface area contributed by atoms with E-state index in [2.05, 4.69) is 21.7 Å². The maximum Gasteiger partial charge on any atom is 0.256 e. The predicted molar refractivity (Wildman–Crippen MR) is 148 cm³/mol. The van der Waals surface area contributed by atoms with Crippen molar-refractivity contribution in [2.75, 3.05) is 39.3 Å². The van der Waals surface area contributed by atoms with Crippen LogP contribution >= 0.6 is 34.5 Å². The van der Waals surface area contributed by atoms with Gasteiger partial charge in [0.15, 0.2) is 0 Å². The molecular formula is C29H31Cl2FN2O2S. The molecule has 0 saturated carbocycles. The molecule has 0 N–H and O–H groups in total. The number of thiophene rings is 1. The van der Waals surface area contributed by atoms with E-state index < -0.39 is 0 Å². The van der Waals surface area contributed by atoms with Crippen molar-refractivity contribution in [2.45, 2.75) is 25.4 Å². The van der Waals surface area contributed by atoms with Gasteiger partial charge in [-0.2, -0.15) is 11.3 Å². The van der Waals surface area contributed by atoms with Gasteiger partial charge in [0.1, 0.15) is 5.82 Å². The van der Waals surface area contributed by atoms with Gasteiger partial charge in [0.25, 0.3) is 5.91 Å². The van der Waals surface area contributed by atoms with E-state index in [9.17, 15) is 9.18 Å². The highest BCUT2D eigenvalue weighted by Gasteiger charge is 2.38. The Morgan fingerprint density at radius 3 is 2.43 bits per heavy atom. The molecule has 8 heteroatoms. The molecule has 2 aliphatic heterocycles. The van der Waals surface area contributed by atoms with E-state index in [1.807, 2.05) is 4.90 Å². The van der Waals surface area contributed by atoms with Gasteiger partial charge in [-0.05, 0) is 90.0 Å². The second kappa shape index (κ2) is 12.3. The number of carbonyl (C=O) groups is 1. The molecule has 2 unspecified atom stereocenters. The standard InChI is InChI=1S/C29H31Cl2FN2O2S/c30-26-2-1-3-27(31)28(26)29(35)34-15-23(25(16-34)22-10-13-37-19-22)14-33-11-8-21(9-12-33)18-36-17-20-4-6-24(32)7-5-20/h1-7,10,13,19,21,23,25H,8-9,11-12,14-18H2. The lowest BCUT2D eigenvalue weighted by Gasteiger charge is -2.34. The summed E-state index contributed by atoms with van der Waals surface area (Å²) in [6.45, 7) is 5.64. The lowest BCUT2D eigenvalue weighted by atomic mass is 9.89. The number of halogens is 3. The van der Waals surface area contributed by atoms with E-state index in [4.69, 9.17) is 27.9 Å². The van der Waals surface area contributed by atoms with Crippen LogP contribution in [0.5, 0.6) is 0 Å². The van der Waals surface area contributed by atoms with Crippen LogP contribution in [-0.2, 0) is 11.3 Å². The van der Waals surface area contributed by atoms with Crippen LogP contribution in [0.25, 0.3) is 0 Å². The van der Waals surface area contributed by atoms with E-state index in [1.165, 1.54) is 17.7 Å². The van der Waals surface area contributed by atoms with Crippen molar-refractivity contribution in [1.82, 2.24) is 9.80 Å². The van der Waals surface area contributed by atoms with Gasteiger partial charge in [0.05, 0.1) is 22.2 Å². The van der Waals surface area contributed by atoms with Crippen LogP contribution in [0.15, 0.2) is 59.3 Å². The quantitative estimate of drug-likeness (QED) is 0.298. The maximum atomic E-state index is 13.4. The Bertz CT molecular complexity index is 1160. The van der Waals surface area contributed by atoms with Gasteiger partial charge in [-0.15, -0.1) is 0 Å². The Morgan fingerprint density at radius 1 is 1.03 bits per heavy atom. The minimum atomic E-state index is -0.222. The average Bonchev–Trinajstić information content (AvgIpc) is 3.56. The van der Waals surface area contributed by atoms with Gasteiger partial charge in [-0.25, -0.2) is 4.39 Å². The molecular weight excluding hydrogens is 530 g/mol. The average molecular weight is 562 g/mol. The topological polar surface area (TPSA) is 32.8 Å². The molecule has 2 atom stereocenters. The third-order valence-corrected chi connectivity index (χ3v) is 8.94. The van der Waals surface area contributed by atoms with Crippen molar-refractivity contribution in [2.24, 2.45) is 11.8 Å². The van der Waals surface area contributed by atoms with Crippen molar-refractivity contribution in [3.63, 3.8) is 0 Å². The fraction of sp³-hybridized carbons (Fsp3) is 0.414. The van der Waals surface area contributed by atoms with Gasteiger partial charge < -0.3 is 14.5 Å². The number of hydrogen-bond donors (Lipinski definition) is 0. The summed E-state index contributed by atoms with van der Waals surface area (Å²) in [6.07, 6.45) is 2.19. The van der Waals surface area contributed by atoms with Crippen LogP contribution in [0.4, 0.5) is 4.39 Å². The molecule has 37 heavy (non-hydrogen) atoms. The first kappa shape index (κ1) is 26.6. The first-order chi connectivity index (χ1) is 18.0. The van der Waals surface area contributed by atoms with E-state index in [0.717, 1.165) is 44.6 Å². The number of piperidine rings is 1. The van der Waals surface area contributed by atoms with E-state index in [-0.39, 0.29) is 11.7 Å². The summed E-state index contributed by atoms with van der Waals surface area (Å²) in [7, 11) is 0. The van der Waals surface area contributed by atoms with Crippen molar-refractivity contribution in [1.29, 1.82) is 0 Å². The van der Waals surface area contributed by atoms with Crippen molar-refractivity contribution in [3.8, 4) is 0 Å². The molecule has 5 rings (SSSR count). The summed E-state index contributed by atoms with van der Waals surface area (Å²) >= 11 is 14.4. The molecule has 0 aliphatic carbocycles. The molecule has 2 aliphatic rings. The van der Waals surface area contributed by atoms with E-state index >= 15 is 0 Å². The summed E-state index contributed by atoms with van der Waals surface area (Å²) < 4.78 is 19.0. The summed E-state index contributed by atoms with van der Waals surface area (Å²) in [5, 5.41) is 5.12. The highest BCUT2D eigenvalue weighted by atomic mass is 35.5. The third-order valence-electron chi connectivity index (χ3n) is 7.61. The van der Waals surface area contributed by atoms with E-state index in [0.29, 0.717) is 53.1 Å². The maximum absolute atomic E-state index is 13.4. The summed E-state index contributed by atoms with van der Waals surface area (Å²) in [6, 6.07) is 13.9. The number of rotatable bonds is 8.